The molecule has 2 aromatic carbocycles. The van der Waals surface area contributed by atoms with Crippen molar-refractivity contribution >= 4 is 17.6 Å². The van der Waals surface area contributed by atoms with Gasteiger partial charge in [0.05, 0.1) is 5.56 Å². The molecule has 1 aromatic heterocycles. The molecule has 1 aliphatic heterocycles. The van der Waals surface area contributed by atoms with Crippen molar-refractivity contribution in [3.05, 3.63) is 71.3 Å². The number of hydrogen-bond donors (Lipinski definition) is 3. The zero-order chi connectivity index (χ0) is 27.4. The van der Waals surface area contributed by atoms with Crippen molar-refractivity contribution in [2.45, 2.75) is 0 Å². The molecule has 0 radical (unpaired) electrons. The molecule has 0 saturated carbocycles. The average Bonchev–Trinajstić information content (AvgIpc) is 2.89. The number of benzene rings is 2. The molecular formula is C27H30N6O5. The van der Waals surface area contributed by atoms with Crippen LogP contribution in [0, 0.1) is 5.41 Å². The highest BCUT2D eigenvalue weighted by atomic mass is 16.5. The van der Waals surface area contributed by atoms with Crippen LogP contribution in [0.5, 0.6) is 29.0 Å². The van der Waals surface area contributed by atoms with Crippen LogP contribution in [0.2, 0.25) is 0 Å². The highest BCUT2D eigenvalue weighted by Crippen LogP contribution is 2.33. The lowest BCUT2D eigenvalue weighted by atomic mass is 10.2. The number of amides is 2. The molecule has 11 nitrogen and oxygen atoms in total. The van der Waals surface area contributed by atoms with Crippen molar-refractivity contribution < 1.29 is 24.2 Å². The van der Waals surface area contributed by atoms with Gasteiger partial charge in [0.2, 0.25) is 11.8 Å². The number of nitrogens with one attached hydrogen (secondary N) is 1. The third kappa shape index (κ3) is 6.19. The Morgan fingerprint density at radius 2 is 1.63 bits per heavy atom. The van der Waals surface area contributed by atoms with E-state index >= 15 is 0 Å². The Morgan fingerprint density at radius 3 is 2.29 bits per heavy atom. The largest absolute Gasteiger partial charge is 0.504 e. The number of nitrogens with zero attached hydrogens (tertiary/aromatic N) is 4. The fourth-order valence-electron chi connectivity index (χ4n) is 3.85. The number of amidine groups is 1. The summed E-state index contributed by atoms with van der Waals surface area (Å²) < 4.78 is 11.8. The minimum Gasteiger partial charge on any atom is -0.504 e. The molecule has 3 aromatic rings. The molecule has 0 bridgehead atoms. The first-order valence-corrected chi connectivity index (χ1v) is 12.0. The summed E-state index contributed by atoms with van der Waals surface area (Å²) in [6.07, 6.45) is 0. The summed E-state index contributed by atoms with van der Waals surface area (Å²) in [6, 6.07) is 13.9. The van der Waals surface area contributed by atoms with Crippen LogP contribution in [-0.2, 0) is 0 Å². The van der Waals surface area contributed by atoms with E-state index in [4.69, 9.17) is 20.6 Å². The first-order chi connectivity index (χ1) is 18.1. The lowest BCUT2D eigenvalue weighted by Gasteiger charge is -2.32. The Morgan fingerprint density at radius 1 is 0.947 bits per heavy atom. The van der Waals surface area contributed by atoms with Gasteiger partial charge in [-0.3, -0.25) is 15.0 Å². The van der Waals surface area contributed by atoms with Crippen LogP contribution in [0.25, 0.3) is 0 Å². The molecule has 4 rings (SSSR count). The number of hydrogen-bond acceptors (Lipinski definition) is 8. The molecule has 2 heterocycles. The summed E-state index contributed by atoms with van der Waals surface area (Å²) in [7, 11) is 5.32. The molecule has 1 aliphatic rings. The van der Waals surface area contributed by atoms with Crippen molar-refractivity contribution in [2.75, 3.05) is 47.3 Å². The molecule has 4 N–H and O–H groups in total. The van der Waals surface area contributed by atoms with E-state index in [0.29, 0.717) is 30.0 Å². The molecule has 0 unspecified atom stereocenters. The lowest BCUT2D eigenvalue weighted by molar-refractivity contribution is 0.0663. The number of pyridine rings is 1. The number of ether oxygens (including phenoxy) is 2. The van der Waals surface area contributed by atoms with E-state index in [-0.39, 0.29) is 46.5 Å². The summed E-state index contributed by atoms with van der Waals surface area (Å²) in [4.78, 5) is 35.5. The minimum absolute atomic E-state index is 0.00324. The van der Waals surface area contributed by atoms with Gasteiger partial charge in [-0.15, -0.1) is 0 Å². The summed E-state index contributed by atoms with van der Waals surface area (Å²) in [5, 5.41) is 18.0. The topological polar surface area (TPSA) is 145 Å². The van der Waals surface area contributed by atoms with E-state index < -0.39 is 0 Å². The number of nitrogens with two attached hydrogens (primary N) is 1. The predicted octanol–water partition coefficient (Wildman–Crippen LogP) is 2.75. The number of nitrogen functional groups attached to an aromatic ring is 1. The van der Waals surface area contributed by atoms with Crippen molar-refractivity contribution in [2.24, 2.45) is 5.73 Å². The molecule has 2 amide bonds. The summed E-state index contributed by atoms with van der Waals surface area (Å²) in [5.74, 6) is -0.363. The number of rotatable bonds is 7. The molecular weight excluding hydrogens is 488 g/mol. The van der Waals surface area contributed by atoms with Gasteiger partial charge in [-0.2, -0.15) is 4.98 Å². The van der Waals surface area contributed by atoms with Gasteiger partial charge in [-0.05, 0) is 43.4 Å². The number of aromatic nitrogens is 1. The second kappa shape index (κ2) is 11.2. The van der Waals surface area contributed by atoms with Crippen LogP contribution < -0.4 is 15.2 Å². The van der Waals surface area contributed by atoms with E-state index in [1.54, 1.807) is 43.3 Å². The van der Waals surface area contributed by atoms with E-state index in [0.717, 1.165) is 13.1 Å². The summed E-state index contributed by atoms with van der Waals surface area (Å²) in [5.41, 5.74) is 6.64. The molecule has 38 heavy (non-hydrogen) atoms. The third-order valence-electron chi connectivity index (χ3n) is 6.01. The molecule has 1 saturated heterocycles. The Hall–Kier alpha value is -4.64. The van der Waals surface area contributed by atoms with Crippen LogP contribution in [0.4, 0.5) is 0 Å². The van der Waals surface area contributed by atoms with Gasteiger partial charge in [0.1, 0.15) is 11.6 Å². The maximum absolute atomic E-state index is 13.4. The van der Waals surface area contributed by atoms with Crippen LogP contribution >= 0.6 is 0 Å². The first-order valence-electron chi connectivity index (χ1n) is 12.0. The Kier molecular flexibility index (Phi) is 7.77. The monoisotopic (exact) mass is 518 g/mol. The van der Waals surface area contributed by atoms with Gasteiger partial charge in [0.25, 0.3) is 11.8 Å². The van der Waals surface area contributed by atoms with Gasteiger partial charge >= 0.3 is 0 Å². The van der Waals surface area contributed by atoms with Crippen LogP contribution in [0.3, 0.4) is 0 Å². The summed E-state index contributed by atoms with van der Waals surface area (Å²) in [6.45, 7) is 2.64. The first kappa shape index (κ1) is 26.4. The second-order valence-electron chi connectivity index (χ2n) is 9.16. The lowest BCUT2D eigenvalue weighted by Crippen LogP contribution is -2.47. The van der Waals surface area contributed by atoms with Gasteiger partial charge in [0, 0.05) is 63.5 Å². The number of carbonyl (C=O) groups excluding carboxylic acids is 2. The van der Waals surface area contributed by atoms with Crippen molar-refractivity contribution in [3.63, 3.8) is 0 Å². The fraction of sp³-hybridized carbons (Fsp3) is 0.259. The van der Waals surface area contributed by atoms with E-state index in [1.807, 2.05) is 7.05 Å². The highest BCUT2D eigenvalue weighted by Gasteiger charge is 2.23. The SMILES string of the molecule is CN1CCN(C(=O)c2cc(Oc3cccc(C(=O)N(C)C)c3)nc(Oc3cc(C(=N)N)ccc3O)c2)CC1. The highest BCUT2D eigenvalue weighted by molar-refractivity contribution is 5.96. The van der Waals surface area contributed by atoms with Crippen molar-refractivity contribution in [1.29, 1.82) is 5.41 Å². The van der Waals surface area contributed by atoms with Crippen molar-refractivity contribution in [1.82, 2.24) is 19.7 Å². The van der Waals surface area contributed by atoms with E-state index in [1.165, 1.54) is 35.2 Å². The molecule has 0 spiro atoms. The van der Waals surface area contributed by atoms with Crippen molar-refractivity contribution in [3.8, 4) is 29.0 Å². The Labute approximate surface area is 220 Å². The van der Waals surface area contributed by atoms with Crippen LogP contribution in [-0.4, -0.2) is 89.8 Å². The maximum atomic E-state index is 13.4. The van der Waals surface area contributed by atoms with Crippen LogP contribution in [0.1, 0.15) is 26.3 Å². The number of aromatic hydroxyl groups is 1. The Balaban J connectivity index is 1.69. The number of carbonyl (C=O) groups is 2. The zero-order valence-electron chi connectivity index (χ0n) is 21.5. The van der Waals surface area contributed by atoms with Gasteiger partial charge in [-0.25, -0.2) is 0 Å². The van der Waals surface area contributed by atoms with E-state index in [9.17, 15) is 14.7 Å². The number of phenols is 1. The van der Waals surface area contributed by atoms with Gasteiger partial charge < -0.3 is 35.0 Å². The normalized spacial score (nSPS) is 13.6. The van der Waals surface area contributed by atoms with Gasteiger partial charge in [-0.1, -0.05) is 6.07 Å². The van der Waals surface area contributed by atoms with E-state index in [2.05, 4.69) is 9.88 Å². The molecule has 1 fully saturated rings. The fourth-order valence-corrected chi connectivity index (χ4v) is 3.85. The number of phenolic OH excluding ortho intramolecular Hbond substituents is 1. The Bertz CT molecular complexity index is 1370. The number of likely N-dealkylation sites (N-methyl/N-ethyl adjacent to an activating group) is 1. The third-order valence-corrected chi connectivity index (χ3v) is 6.01. The summed E-state index contributed by atoms with van der Waals surface area (Å²) >= 11 is 0. The second-order valence-corrected chi connectivity index (χ2v) is 9.16. The number of piperazine rings is 1. The average molecular weight is 519 g/mol. The van der Waals surface area contributed by atoms with Crippen LogP contribution in [0.15, 0.2) is 54.6 Å². The molecule has 0 aliphatic carbocycles. The zero-order valence-corrected chi connectivity index (χ0v) is 21.5. The standard InChI is InChI=1S/C27H30N6O5/c1-31(2)26(35)18-5-4-6-20(13-18)37-23-15-19(27(36)33-11-9-32(3)10-12-33)16-24(30-23)38-22-14-17(25(28)29)7-8-21(22)34/h4-8,13-16,34H,9-12H2,1-3H3,(H3,28,29). The van der Waals surface area contributed by atoms with Gasteiger partial charge in [0.15, 0.2) is 11.5 Å². The molecule has 198 valence electrons. The smallest absolute Gasteiger partial charge is 0.254 e. The quantitative estimate of drug-likeness (QED) is 0.320. The minimum atomic E-state index is -0.214. The maximum Gasteiger partial charge on any atom is 0.254 e. The molecule has 11 heteroatoms. The molecule has 0 atom stereocenters. The predicted molar refractivity (Wildman–Crippen MR) is 141 cm³/mol.